The van der Waals surface area contributed by atoms with E-state index in [0.29, 0.717) is 18.4 Å². The largest absolute Gasteiger partial charge is 0.353 e. The molecular weight excluding hydrogens is 391 g/mol. The van der Waals surface area contributed by atoms with Crippen molar-refractivity contribution < 1.29 is 14.0 Å². The molecule has 0 radical (unpaired) electrons. The molecule has 2 aromatic carbocycles. The first-order chi connectivity index (χ1) is 15.1. The Bertz CT molecular complexity index is 992. The number of anilines is 1. The molecule has 1 atom stereocenters. The smallest absolute Gasteiger partial charge is 0.259 e. The van der Waals surface area contributed by atoms with E-state index < -0.39 is 17.3 Å². The zero-order valence-electron chi connectivity index (χ0n) is 17.8. The lowest BCUT2D eigenvalue weighted by molar-refractivity contribution is -0.125. The van der Waals surface area contributed by atoms with E-state index in [9.17, 15) is 9.59 Å². The Morgan fingerprint density at radius 2 is 1.61 bits per heavy atom. The molecule has 2 saturated carbocycles. The van der Waals surface area contributed by atoms with Gasteiger partial charge in [0.15, 0.2) is 0 Å². The summed E-state index contributed by atoms with van der Waals surface area (Å²) in [5.41, 5.74) is 0.836. The maximum atomic E-state index is 15.0. The molecule has 5 heteroatoms. The van der Waals surface area contributed by atoms with Gasteiger partial charge in [-0.05, 0) is 49.4 Å². The van der Waals surface area contributed by atoms with Gasteiger partial charge in [-0.3, -0.25) is 14.5 Å². The van der Waals surface area contributed by atoms with Crippen molar-refractivity contribution in [3.63, 3.8) is 0 Å². The lowest BCUT2D eigenvalue weighted by Crippen LogP contribution is -2.63. The van der Waals surface area contributed by atoms with Crippen LogP contribution < -0.4 is 10.2 Å². The van der Waals surface area contributed by atoms with Crippen LogP contribution in [0.15, 0.2) is 48.5 Å². The van der Waals surface area contributed by atoms with Crippen LogP contribution in [0.5, 0.6) is 0 Å². The third kappa shape index (κ3) is 3.35. The lowest BCUT2D eigenvalue weighted by atomic mass is 9.65. The number of fused-ring (bicyclic) bond motifs is 1. The average Bonchev–Trinajstić information content (AvgIpc) is 3.29. The SMILES string of the molecule is O=C(NC1CCCC1)[C@@H]1c2ccccc2C(=O)N(c2ccccc2F)C12CCCCC2. The van der Waals surface area contributed by atoms with Gasteiger partial charge < -0.3 is 5.32 Å². The zero-order chi connectivity index (χ0) is 21.4. The van der Waals surface area contributed by atoms with Crippen LogP contribution in [0.25, 0.3) is 0 Å². The van der Waals surface area contributed by atoms with E-state index in [1.165, 1.54) is 6.07 Å². The van der Waals surface area contributed by atoms with Crippen LogP contribution in [-0.2, 0) is 4.79 Å². The molecule has 4 nitrogen and oxygen atoms in total. The Kier molecular flexibility index (Phi) is 5.28. The van der Waals surface area contributed by atoms with Gasteiger partial charge in [0.05, 0.1) is 17.1 Å². The molecule has 31 heavy (non-hydrogen) atoms. The second-order valence-electron chi connectivity index (χ2n) is 9.27. The standard InChI is InChI=1S/C26H29FN2O2/c27-21-14-6-7-15-22(21)29-25(31)20-13-5-4-12-19(20)23(26(29)16-8-1-9-17-26)24(30)28-18-10-2-3-11-18/h4-7,12-15,18,23H,1-3,8-11,16-17H2,(H,28,30)/t23-/m0/s1. The number of hydrogen-bond donors (Lipinski definition) is 1. The molecule has 5 rings (SSSR count). The van der Waals surface area contributed by atoms with Crippen molar-refractivity contribution in [3.8, 4) is 0 Å². The number of nitrogens with zero attached hydrogens (tertiary/aromatic N) is 1. The number of hydrogen-bond acceptors (Lipinski definition) is 2. The molecule has 0 saturated heterocycles. The summed E-state index contributed by atoms with van der Waals surface area (Å²) in [7, 11) is 0. The Hall–Kier alpha value is -2.69. The summed E-state index contributed by atoms with van der Waals surface area (Å²) in [6.07, 6.45) is 8.59. The third-order valence-electron chi connectivity index (χ3n) is 7.46. The number of para-hydroxylation sites is 1. The van der Waals surface area contributed by atoms with Crippen molar-refractivity contribution in [2.24, 2.45) is 0 Å². The van der Waals surface area contributed by atoms with Gasteiger partial charge in [0.2, 0.25) is 5.91 Å². The molecule has 1 heterocycles. The molecule has 3 aliphatic rings. The maximum Gasteiger partial charge on any atom is 0.259 e. The summed E-state index contributed by atoms with van der Waals surface area (Å²) in [6, 6.07) is 14.1. The molecule has 2 amide bonds. The summed E-state index contributed by atoms with van der Waals surface area (Å²) in [4.78, 5) is 29.2. The molecule has 2 aliphatic carbocycles. The number of nitrogens with one attached hydrogen (secondary N) is 1. The van der Waals surface area contributed by atoms with Crippen molar-refractivity contribution in [3.05, 3.63) is 65.5 Å². The maximum absolute atomic E-state index is 15.0. The van der Waals surface area contributed by atoms with Gasteiger partial charge in [-0.1, -0.05) is 62.4 Å². The molecule has 1 N–H and O–H groups in total. The van der Waals surface area contributed by atoms with Crippen LogP contribution in [0.2, 0.25) is 0 Å². The van der Waals surface area contributed by atoms with Gasteiger partial charge in [0.1, 0.15) is 5.82 Å². The first kappa shape index (κ1) is 20.2. The first-order valence-corrected chi connectivity index (χ1v) is 11.6. The molecule has 0 bridgehead atoms. The Balaban J connectivity index is 1.68. The number of rotatable bonds is 3. The minimum atomic E-state index is -0.742. The summed E-state index contributed by atoms with van der Waals surface area (Å²) < 4.78 is 15.0. The first-order valence-electron chi connectivity index (χ1n) is 11.6. The van der Waals surface area contributed by atoms with Crippen LogP contribution >= 0.6 is 0 Å². The highest BCUT2D eigenvalue weighted by molar-refractivity contribution is 6.12. The highest BCUT2D eigenvalue weighted by atomic mass is 19.1. The normalized spacial score (nSPS) is 23.1. The highest BCUT2D eigenvalue weighted by Crippen LogP contribution is 2.51. The van der Waals surface area contributed by atoms with E-state index in [1.54, 1.807) is 29.2 Å². The van der Waals surface area contributed by atoms with E-state index in [4.69, 9.17) is 0 Å². The minimum Gasteiger partial charge on any atom is -0.353 e. The predicted molar refractivity (Wildman–Crippen MR) is 119 cm³/mol. The molecule has 2 aromatic rings. The average molecular weight is 421 g/mol. The van der Waals surface area contributed by atoms with Gasteiger partial charge in [0.25, 0.3) is 5.91 Å². The van der Waals surface area contributed by atoms with Gasteiger partial charge in [0, 0.05) is 11.6 Å². The number of amides is 2. The number of benzene rings is 2. The number of carbonyl (C=O) groups excluding carboxylic acids is 2. The summed E-state index contributed by atoms with van der Waals surface area (Å²) in [5.74, 6) is -1.14. The molecule has 0 aromatic heterocycles. The van der Waals surface area contributed by atoms with Crippen LogP contribution in [0.3, 0.4) is 0 Å². The topological polar surface area (TPSA) is 49.4 Å². The second-order valence-corrected chi connectivity index (χ2v) is 9.27. The number of halogens is 1. The van der Waals surface area contributed by atoms with Crippen molar-refractivity contribution in [2.75, 3.05) is 4.90 Å². The predicted octanol–water partition coefficient (Wildman–Crippen LogP) is 5.33. The molecule has 2 fully saturated rings. The van der Waals surface area contributed by atoms with E-state index in [1.807, 2.05) is 18.2 Å². The molecule has 1 aliphatic heterocycles. The van der Waals surface area contributed by atoms with Crippen LogP contribution in [0, 0.1) is 5.82 Å². The Morgan fingerprint density at radius 3 is 2.35 bits per heavy atom. The lowest BCUT2D eigenvalue weighted by Gasteiger charge is -2.53. The molecular formula is C26H29FN2O2. The second kappa shape index (κ2) is 8.10. The third-order valence-corrected chi connectivity index (χ3v) is 7.46. The fourth-order valence-electron chi connectivity index (χ4n) is 6.08. The molecule has 0 unspecified atom stereocenters. The number of carbonyl (C=O) groups is 2. The quantitative estimate of drug-likeness (QED) is 0.729. The monoisotopic (exact) mass is 420 g/mol. The van der Waals surface area contributed by atoms with Crippen molar-refractivity contribution in [2.45, 2.75) is 75.3 Å². The van der Waals surface area contributed by atoms with Gasteiger partial charge >= 0.3 is 0 Å². The zero-order valence-corrected chi connectivity index (χ0v) is 17.8. The molecule has 162 valence electrons. The van der Waals surface area contributed by atoms with Crippen molar-refractivity contribution in [1.82, 2.24) is 5.32 Å². The molecule has 1 spiro atoms. The van der Waals surface area contributed by atoms with Gasteiger partial charge in [-0.2, -0.15) is 0 Å². The van der Waals surface area contributed by atoms with Crippen molar-refractivity contribution in [1.29, 1.82) is 0 Å². The van der Waals surface area contributed by atoms with Gasteiger partial charge in [-0.15, -0.1) is 0 Å². The summed E-state index contributed by atoms with van der Waals surface area (Å²) >= 11 is 0. The Morgan fingerprint density at radius 1 is 0.935 bits per heavy atom. The Labute approximate surface area is 182 Å². The fourth-order valence-corrected chi connectivity index (χ4v) is 6.08. The van der Waals surface area contributed by atoms with Gasteiger partial charge in [-0.25, -0.2) is 4.39 Å². The van der Waals surface area contributed by atoms with Crippen LogP contribution in [0.4, 0.5) is 10.1 Å². The van der Waals surface area contributed by atoms with E-state index >= 15 is 4.39 Å². The fraction of sp³-hybridized carbons (Fsp3) is 0.462. The van der Waals surface area contributed by atoms with Crippen molar-refractivity contribution >= 4 is 17.5 Å². The van der Waals surface area contributed by atoms with Crippen LogP contribution in [-0.4, -0.2) is 23.4 Å². The van der Waals surface area contributed by atoms with E-state index in [2.05, 4.69) is 5.32 Å². The highest BCUT2D eigenvalue weighted by Gasteiger charge is 2.55. The minimum absolute atomic E-state index is 0.0184. The summed E-state index contributed by atoms with van der Waals surface area (Å²) in [5, 5.41) is 3.29. The van der Waals surface area contributed by atoms with E-state index in [-0.39, 0.29) is 23.5 Å². The van der Waals surface area contributed by atoms with E-state index in [0.717, 1.165) is 50.5 Å². The summed E-state index contributed by atoms with van der Waals surface area (Å²) in [6.45, 7) is 0. The van der Waals surface area contributed by atoms with Crippen LogP contribution in [0.1, 0.15) is 79.6 Å².